The smallest absolute Gasteiger partial charge is 0.248 e. The Morgan fingerprint density at radius 1 is 1.20 bits per heavy atom. The van der Waals surface area contributed by atoms with Gasteiger partial charge in [-0.2, -0.15) is 10.2 Å². The van der Waals surface area contributed by atoms with Gasteiger partial charge in [0.25, 0.3) is 0 Å². The predicted molar refractivity (Wildman–Crippen MR) is 146 cm³/mol. The van der Waals surface area contributed by atoms with E-state index in [4.69, 9.17) is 14.6 Å². The number of nitrogens with one attached hydrogen (secondary N) is 1. The fourth-order valence-corrected chi connectivity index (χ4v) is 4.87. The molecule has 0 aliphatic carbocycles. The lowest BCUT2D eigenvalue weighted by molar-refractivity contribution is -0.138. The highest BCUT2D eigenvalue weighted by Gasteiger charge is 2.33. The van der Waals surface area contributed by atoms with E-state index in [1.165, 1.54) is 11.2 Å². The minimum absolute atomic E-state index is 0.0114. The number of anilines is 3. The van der Waals surface area contributed by atoms with E-state index in [9.17, 15) is 19.6 Å². The van der Waals surface area contributed by atoms with Crippen molar-refractivity contribution in [2.24, 2.45) is 0 Å². The van der Waals surface area contributed by atoms with Crippen LogP contribution in [0.4, 0.5) is 21.7 Å². The molecule has 3 atom stereocenters. The van der Waals surface area contributed by atoms with E-state index in [0.717, 1.165) is 11.4 Å². The third kappa shape index (κ3) is 6.51. The first-order valence-corrected chi connectivity index (χ1v) is 13.2. The summed E-state index contributed by atoms with van der Waals surface area (Å²) in [6.45, 7) is 1.20. The van der Waals surface area contributed by atoms with Crippen LogP contribution in [-0.2, 0) is 9.53 Å². The van der Waals surface area contributed by atoms with Crippen molar-refractivity contribution < 1.29 is 28.9 Å². The highest BCUT2D eigenvalue weighted by molar-refractivity contribution is 5.77. The molecule has 2 aliphatic rings. The summed E-state index contributed by atoms with van der Waals surface area (Å²) < 4.78 is 26.0. The lowest BCUT2D eigenvalue weighted by Gasteiger charge is -2.36. The van der Waals surface area contributed by atoms with Crippen LogP contribution < -0.4 is 15.0 Å². The van der Waals surface area contributed by atoms with E-state index in [0.29, 0.717) is 37.1 Å². The molecule has 0 spiro atoms. The van der Waals surface area contributed by atoms with Gasteiger partial charge in [-0.3, -0.25) is 4.79 Å². The van der Waals surface area contributed by atoms with Crippen molar-refractivity contribution in [3.8, 4) is 23.2 Å². The summed E-state index contributed by atoms with van der Waals surface area (Å²) in [6.07, 6.45) is -0.684. The molecular formula is C28H30FN7O5. The van der Waals surface area contributed by atoms with Crippen LogP contribution in [0.2, 0.25) is 0 Å². The zero-order chi connectivity index (χ0) is 28.8. The predicted octanol–water partition coefficient (Wildman–Crippen LogP) is 1.66. The Kier molecular flexibility index (Phi) is 8.83. The molecule has 3 aromatic rings. The number of rotatable bonds is 8. The van der Waals surface area contributed by atoms with Crippen molar-refractivity contribution in [3.63, 3.8) is 0 Å². The number of likely N-dealkylation sites (tertiary alicyclic amines) is 1. The lowest BCUT2D eigenvalue weighted by Crippen LogP contribution is -2.50. The van der Waals surface area contributed by atoms with Crippen molar-refractivity contribution >= 4 is 23.2 Å². The third-order valence-electron chi connectivity index (χ3n) is 7.07. The minimum Gasteiger partial charge on any atom is -0.486 e. The second-order valence-corrected chi connectivity index (χ2v) is 9.69. The van der Waals surface area contributed by atoms with Crippen LogP contribution in [0.5, 0.6) is 5.75 Å². The van der Waals surface area contributed by atoms with Gasteiger partial charge in [0.2, 0.25) is 11.9 Å². The quantitative estimate of drug-likeness (QED) is 0.366. The van der Waals surface area contributed by atoms with E-state index in [1.807, 2.05) is 24.3 Å². The van der Waals surface area contributed by atoms with Crippen LogP contribution in [-0.4, -0.2) is 100 Å². The molecule has 12 nitrogen and oxygen atoms in total. The van der Waals surface area contributed by atoms with Crippen molar-refractivity contribution in [1.82, 2.24) is 19.9 Å². The first-order valence-electron chi connectivity index (χ1n) is 13.2. The Bertz CT molecular complexity index is 1400. The molecule has 0 radical (unpaired) electrons. The van der Waals surface area contributed by atoms with Gasteiger partial charge >= 0.3 is 0 Å². The molecule has 2 saturated heterocycles. The fourth-order valence-electron chi connectivity index (χ4n) is 4.87. The first kappa shape index (κ1) is 28.2. The van der Waals surface area contributed by atoms with E-state index in [-0.39, 0.29) is 43.5 Å². The number of piperidine rings is 1. The topological polar surface area (TPSA) is 157 Å². The van der Waals surface area contributed by atoms with Gasteiger partial charge < -0.3 is 34.8 Å². The third-order valence-corrected chi connectivity index (χ3v) is 7.07. The number of amides is 1. The number of alkyl halides is 1. The maximum absolute atomic E-state index is 14.7. The van der Waals surface area contributed by atoms with Crippen molar-refractivity contribution in [2.75, 3.05) is 56.3 Å². The largest absolute Gasteiger partial charge is 0.486 e. The van der Waals surface area contributed by atoms with Crippen LogP contribution >= 0.6 is 0 Å². The van der Waals surface area contributed by atoms with Gasteiger partial charge in [0.15, 0.2) is 12.0 Å². The number of carbonyl (C=O) groups is 1. The number of hydrogen-bond acceptors (Lipinski definition) is 11. The zero-order valence-electron chi connectivity index (χ0n) is 22.2. The van der Waals surface area contributed by atoms with Gasteiger partial charge in [0.1, 0.15) is 30.9 Å². The van der Waals surface area contributed by atoms with E-state index in [1.54, 1.807) is 18.2 Å². The molecule has 0 bridgehead atoms. The van der Waals surface area contributed by atoms with E-state index in [2.05, 4.69) is 31.2 Å². The van der Waals surface area contributed by atoms with E-state index < -0.39 is 24.8 Å². The van der Waals surface area contributed by atoms with Gasteiger partial charge in [0, 0.05) is 36.4 Å². The molecule has 3 heterocycles. The molecule has 41 heavy (non-hydrogen) atoms. The summed E-state index contributed by atoms with van der Waals surface area (Å²) in [5.41, 5.74) is 2.48. The molecule has 0 unspecified atom stereocenters. The van der Waals surface area contributed by atoms with Crippen LogP contribution in [0.25, 0.3) is 11.4 Å². The van der Waals surface area contributed by atoms with Gasteiger partial charge in [0.05, 0.1) is 38.0 Å². The summed E-state index contributed by atoms with van der Waals surface area (Å²) in [5.74, 6) is 0.341. The monoisotopic (exact) mass is 563 g/mol. The molecular weight excluding hydrogens is 533 g/mol. The maximum atomic E-state index is 14.7. The molecule has 1 amide bonds. The Morgan fingerprint density at radius 3 is 2.76 bits per heavy atom. The summed E-state index contributed by atoms with van der Waals surface area (Å²) in [4.78, 5) is 28.0. The minimum atomic E-state index is -1.46. The second kappa shape index (κ2) is 12.9. The Morgan fingerprint density at radius 2 is 2.02 bits per heavy atom. The average molecular weight is 564 g/mol. The fraction of sp³-hybridized carbons (Fsp3) is 0.393. The molecule has 0 saturated carbocycles. The summed E-state index contributed by atoms with van der Waals surface area (Å²) in [6, 6.07) is 14.5. The van der Waals surface area contributed by atoms with Crippen LogP contribution in [0.1, 0.15) is 12.0 Å². The highest BCUT2D eigenvalue weighted by Crippen LogP contribution is 2.29. The number of morpholine rings is 1. The number of carbonyl (C=O) groups excluding carboxylic acids is 1. The summed E-state index contributed by atoms with van der Waals surface area (Å²) in [7, 11) is 0. The standard InChI is InChI=1S/C28H30FN7O5/c29-23-13-35(26(39)15-38)8-7-25(23)41-24-6-1-18(11-19(24)12-30)27-31-17-32-28(34-27)33-20-2-4-21(5-3-20)36-9-10-40-16-22(36)14-37/h1-6,11,17,22-23,25,37-38H,7-10,13-16H2,(H,31,32,33,34)/t22-,23+,25-/m0/s1. The average Bonchev–Trinajstić information content (AvgIpc) is 3.02. The van der Waals surface area contributed by atoms with Crippen LogP contribution in [0, 0.1) is 11.3 Å². The molecule has 5 rings (SSSR count). The van der Waals surface area contributed by atoms with Crippen molar-refractivity contribution in [2.45, 2.75) is 24.7 Å². The second-order valence-electron chi connectivity index (χ2n) is 9.69. The number of nitriles is 1. The molecule has 214 valence electrons. The Balaban J connectivity index is 1.26. The molecule has 2 aliphatic heterocycles. The normalized spacial score (nSPS) is 20.8. The number of aliphatic hydroxyl groups excluding tert-OH is 2. The van der Waals surface area contributed by atoms with Gasteiger partial charge in [-0.25, -0.2) is 14.4 Å². The van der Waals surface area contributed by atoms with E-state index >= 15 is 0 Å². The number of nitrogens with zero attached hydrogens (tertiary/aromatic N) is 6. The van der Waals surface area contributed by atoms with Crippen molar-refractivity contribution in [1.29, 1.82) is 5.26 Å². The van der Waals surface area contributed by atoms with Gasteiger partial charge in [-0.1, -0.05) is 0 Å². The zero-order valence-corrected chi connectivity index (χ0v) is 22.2. The molecule has 1 aromatic heterocycles. The number of benzene rings is 2. The number of hydrogen-bond donors (Lipinski definition) is 3. The summed E-state index contributed by atoms with van der Waals surface area (Å²) in [5, 5.41) is 31.5. The molecule has 13 heteroatoms. The van der Waals surface area contributed by atoms with Crippen molar-refractivity contribution in [3.05, 3.63) is 54.4 Å². The van der Waals surface area contributed by atoms with Gasteiger partial charge in [-0.15, -0.1) is 0 Å². The highest BCUT2D eigenvalue weighted by atomic mass is 19.1. The van der Waals surface area contributed by atoms with Gasteiger partial charge in [-0.05, 0) is 42.5 Å². The van der Waals surface area contributed by atoms with Crippen LogP contribution in [0.15, 0.2) is 48.8 Å². The summed E-state index contributed by atoms with van der Waals surface area (Å²) >= 11 is 0. The number of halogens is 1. The first-order chi connectivity index (χ1) is 20.0. The Labute approximate surface area is 236 Å². The lowest BCUT2D eigenvalue weighted by atomic mass is 10.0. The maximum Gasteiger partial charge on any atom is 0.248 e. The molecule has 3 N–H and O–H groups in total. The number of aliphatic hydroxyl groups is 2. The van der Waals surface area contributed by atoms with Crippen LogP contribution in [0.3, 0.4) is 0 Å². The number of ether oxygens (including phenoxy) is 2. The molecule has 2 fully saturated rings. The number of aromatic nitrogens is 3. The Hall–Kier alpha value is -4.38. The SMILES string of the molecule is N#Cc1cc(-c2ncnc(Nc3ccc(N4CCOC[C@@H]4CO)cc3)n2)ccc1O[C@H]1CCN(C(=O)CO)C[C@H]1F. The molecule has 2 aromatic carbocycles.